The molecule has 0 unspecified atom stereocenters. The SMILES string of the molecule is CC(C)(C)OC(=O)N1C[C@@H](OS(C)(=O)=O)C[C@@H]1Cc1ccc(Cl)cc1. The van der Waals surface area contributed by atoms with E-state index >= 15 is 0 Å². The van der Waals surface area contributed by atoms with Crippen LogP contribution in [-0.2, 0) is 25.5 Å². The molecule has 0 saturated carbocycles. The number of halogens is 1. The van der Waals surface area contributed by atoms with Gasteiger partial charge in [-0.2, -0.15) is 8.42 Å². The first-order chi connectivity index (χ1) is 11.4. The Labute approximate surface area is 154 Å². The normalized spacial score (nSPS) is 21.4. The van der Waals surface area contributed by atoms with E-state index < -0.39 is 27.9 Å². The molecule has 0 aliphatic carbocycles. The van der Waals surface area contributed by atoms with E-state index in [2.05, 4.69) is 0 Å². The summed E-state index contributed by atoms with van der Waals surface area (Å²) in [6.45, 7) is 5.55. The molecule has 6 nitrogen and oxygen atoms in total. The molecule has 140 valence electrons. The lowest BCUT2D eigenvalue weighted by molar-refractivity contribution is 0.0213. The lowest BCUT2D eigenvalue weighted by Gasteiger charge is -2.28. The number of likely N-dealkylation sites (tertiary alicyclic amines) is 1. The van der Waals surface area contributed by atoms with E-state index in [1.165, 1.54) is 0 Å². The summed E-state index contributed by atoms with van der Waals surface area (Å²) >= 11 is 5.90. The van der Waals surface area contributed by atoms with Crippen LogP contribution in [-0.4, -0.2) is 50.0 Å². The van der Waals surface area contributed by atoms with Gasteiger partial charge in [-0.25, -0.2) is 4.79 Å². The maximum Gasteiger partial charge on any atom is 0.410 e. The number of carbonyl (C=O) groups excluding carboxylic acids is 1. The lowest BCUT2D eigenvalue weighted by atomic mass is 10.0. The number of rotatable bonds is 4. The van der Waals surface area contributed by atoms with Gasteiger partial charge in [0.2, 0.25) is 0 Å². The smallest absolute Gasteiger partial charge is 0.410 e. The molecule has 0 radical (unpaired) electrons. The fraction of sp³-hybridized carbons (Fsp3) is 0.588. The lowest BCUT2D eigenvalue weighted by Crippen LogP contribution is -2.41. The third kappa shape index (κ3) is 6.49. The fourth-order valence-corrected chi connectivity index (χ4v) is 3.58. The molecule has 1 aromatic carbocycles. The molecular weight excluding hydrogens is 366 g/mol. The molecule has 2 atom stereocenters. The largest absolute Gasteiger partial charge is 0.444 e. The average molecular weight is 390 g/mol. The van der Waals surface area contributed by atoms with Crippen LogP contribution in [0.25, 0.3) is 0 Å². The highest BCUT2D eigenvalue weighted by molar-refractivity contribution is 7.86. The second-order valence-corrected chi connectivity index (χ2v) is 9.31. The first-order valence-corrected chi connectivity index (χ1v) is 10.2. The summed E-state index contributed by atoms with van der Waals surface area (Å²) in [6.07, 6.45) is 0.970. The van der Waals surface area contributed by atoms with Gasteiger partial charge in [0.25, 0.3) is 10.1 Å². The molecule has 1 heterocycles. The Morgan fingerprint density at radius 3 is 2.40 bits per heavy atom. The van der Waals surface area contributed by atoms with Crippen LogP contribution in [0.1, 0.15) is 32.8 Å². The van der Waals surface area contributed by atoms with Gasteiger partial charge < -0.3 is 9.64 Å². The first-order valence-electron chi connectivity index (χ1n) is 8.05. The van der Waals surface area contributed by atoms with Crippen molar-refractivity contribution in [1.82, 2.24) is 4.90 Å². The number of amides is 1. The second-order valence-electron chi connectivity index (χ2n) is 7.28. The van der Waals surface area contributed by atoms with Gasteiger partial charge in [-0.3, -0.25) is 4.18 Å². The minimum absolute atomic E-state index is 0.181. The summed E-state index contributed by atoms with van der Waals surface area (Å²) in [4.78, 5) is 14.1. The molecule has 0 spiro atoms. The van der Waals surface area contributed by atoms with Crippen molar-refractivity contribution in [2.75, 3.05) is 12.8 Å². The van der Waals surface area contributed by atoms with E-state index in [9.17, 15) is 13.2 Å². The summed E-state index contributed by atoms with van der Waals surface area (Å²) in [7, 11) is -3.59. The van der Waals surface area contributed by atoms with Gasteiger partial charge in [-0.1, -0.05) is 23.7 Å². The van der Waals surface area contributed by atoms with E-state index in [0.29, 0.717) is 17.9 Å². The summed E-state index contributed by atoms with van der Waals surface area (Å²) in [5.41, 5.74) is 0.375. The molecule has 0 aromatic heterocycles. The molecule has 8 heteroatoms. The predicted octanol–water partition coefficient (Wildman–Crippen LogP) is 3.24. The van der Waals surface area contributed by atoms with Crippen molar-refractivity contribution < 1.29 is 22.1 Å². The van der Waals surface area contributed by atoms with Gasteiger partial charge in [0.1, 0.15) is 5.60 Å². The van der Waals surface area contributed by atoms with E-state index in [1.54, 1.807) is 37.8 Å². The van der Waals surface area contributed by atoms with Crippen molar-refractivity contribution in [2.45, 2.75) is 51.4 Å². The first kappa shape index (κ1) is 20.0. The molecule has 1 saturated heterocycles. The van der Waals surface area contributed by atoms with Crippen LogP contribution in [0.2, 0.25) is 5.02 Å². The van der Waals surface area contributed by atoms with Gasteiger partial charge in [0, 0.05) is 11.1 Å². The van der Waals surface area contributed by atoms with Crippen LogP contribution >= 0.6 is 11.6 Å². The zero-order valence-electron chi connectivity index (χ0n) is 14.9. The monoisotopic (exact) mass is 389 g/mol. The van der Waals surface area contributed by atoms with Crippen LogP contribution in [0.15, 0.2) is 24.3 Å². The van der Waals surface area contributed by atoms with Gasteiger partial charge in [-0.05, 0) is 51.3 Å². The van der Waals surface area contributed by atoms with Crippen LogP contribution in [0.4, 0.5) is 4.79 Å². The molecule has 1 aliphatic heterocycles. The maximum absolute atomic E-state index is 12.5. The quantitative estimate of drug-likeness (QED) is 0.739. The van der Waals surface area contributed by atoms with Gasteiger partial charge in [0.15, 0.2) is 0 Å². The van der Waals surface area contributed by atoms with Crippen LogP contribution < -0.4 is 0 Å². The Morgan fingerprint density at radius 2 is 1.88 bits per heavy atom. The highest BCUT2D eigenvalue weighted by Gasteiger charge is 2.39. The molecule has 25 heavy (non-hydrogen) atoms. The van der Waals surface area contributed by atoms with Gasteiger partial charge in [0.05, 0.1) is 18.9 Å². The number of nitrogens with zero attached hydrogens (tertiary/aromatic N) is 1. The highest BCUT2D eigenvalue weighted by atomic mass is 35.5. The zero-order valence-corrected chi connectivity index (χ0v) is 16.4. The molecule has 1 fully saturated rings. The summed E-state index contributed by atoms with van der Waals surface area (Å²) in [5, 5.41) is 0.637. The zero-order chi connectivity index (χ0) is 18.8. The Balaban J connectivity index is 2.16. The Bertz CT molecular complexity index is 712. The van der Waals surface area contributed by atoms with Crippen molar-refractivity contribution in [3.05, 3.63) is 34.9 Å². The van der Waals surface area contributed by atoms with E-state index in [-0.39, 0.29) is 12.6 Å². The van der Waals surface area contributed by atoms with Crippen molar-refractivity contribution in [2.24, 2.45) is 0 Å². The van der Waals surface area contributed by atoms with Crippen molar-refractivity contribution in [3.8, 4) is 0 Å². The summed E-state index contributed by atoms with van der Waals surface area (Å²) in [6, 6.07) is 7.14. The molecular formula is C17H24ClNO5S. The van der Waals surface area contributed by atoms with Crippen molar-refractivity contribution in [1.29, 1.82) is 0 Å². The van der Waals surface area contributed by atoms with E-state index in [0.717, 1.165) is 11.8 Å². The molecule has 1 amide bonds. The van der Waals surface area contributed by atoms with Gasteiger partial charge >= 0.3 is 6.09 Å². The predicted molar refractivity (Wildman–Crippen MR) is 96.2 cm³/mol. The second kappa shape index (κ2) is 7.51. The number of carbonyl (C=O) groups is 1. The molecule has 1 aliphatic rings. The minimum Gasteiger partial charge on any atom is -0.444 e. The van der Waals surface area contributed by atoms with Crippen molar-refractivity contribution >= 4 is 27.8 Å². The Morgan fingerprint density at radius 1 is 1.28 bits per heavy atom. The Kier molecular flexibility index (Phi) is 6.01. The van der Waals surface area contributed by atoms with Gasteiger partial charge in [-0.15, -0.1) is 0 Å². The molecule has 0 bridgehead atoms. The molecule has 0 N–H and O–H groups in total. The molecule has 2 rings (SSSR count). The number of benzene rings is 1. The number of ether oxygens (including phenoxy) is 1. The van der Waals surface area contributed by atoms with Crippen molar-refractivity contribution in [3.63, 3.8) is 0 Å². The summed E-state index contributed by atoms with van der Waals surface area (Å²) in [5.74, 6) is 0. The maximum atomic E-state index is 12.5. The van der Waals surface area contributed by atoms with Crippen LogP contribution in [0.3, 0.4) is 0 Å². The fourth-order valence-electron chi connectivity index (χ4n) is 2.82. The topological polar surface area (TPSA) is 72.9 Å². The average Bonchev–Trinajstić information content (AvgIpc) is 2.80. The third-order valence-electron chi connectivity index (χ3n) is 3.70. The standard InChI is InChI=1S/C17H24ClNO5S/c1-17(2,3)23-16(20)19-11-15(24-25(4,21)22)10-14(19)9-12-5-7-13(18)8-6-12/h5-8,14-15H,9-11H2,1-4H3/t14-,15-/m0/s1. The van der Waals surface area contributed by atoms with Crippen LogP contribution in [0.5, 0.6) is 0 Å². The Hall–Kier alpha value is -1.31. The van der Waals surface area contributed by atoms with Crippen LogP contribution in [0, 0.1) is 0 Å². The summed E-state index contributed by atoms with van der Waals surface area (Å²) < 4.78 is 33.4. The minimum atomic E-state index is -3.59. The highest BCUT2D eigenvalue weighted by Crippen LogP contribution is 2.27. The van der Waals surface area contributed by atoms with E-state index in [4.69, 9.17) is 20.5 Å². The molecule has 1 aromatic rings. The van der Waals surface area contributed by atoms with E-state index in [1.807, 2.05) is 12.1 Å². The number of hydrogen-bond donors (Lipinski definition) is 0. The number of hydrogen-bond acceptors (Lipinski definition) is 5. The third-order valence-corrected chi connectivity index (χ3v) is 4.57.